The molecule has 1 saturated heterocycles. The third-order valence-electron chi connectivity index (χ3n) is 6.16. The number of anilines is 1. The molecule has 0 radical (unpaired) electrons. The highest BCUT2D eigenvalue weighted by Gasteiger charge is 2.39. The summed E-state index contributed by atoms with van der Waals surface area (Å²) < 4.78 is 37.2. The number of nitrogens with one attached hydrogen (secondary N) is 1. The number of hydrazone groups is 1. The molecule has 0 bridgehead atoms. The van der Waals surface area contributed by atoms with Crippen LogP contribution in [0.3, 0.4) is 0 Å². The first-order chi connectivity index (χ1) is 15.8. The lowest BCUT2D eigenvalue weighted by molar-refractivity contribution is 0.185. The van der Waals surface area contributed by atoms with Crippen molar-refractivity contribution in [3.63, 3.8) is 0 Å². The number of hydrogen-bond donors (Lipinski definition) is 1. The van der Waals surface area contributed by atoms with Crippen molar-refractivity contribution in [3.05, 3.63) is 54.0 Å². The monoisotopic (exact) mass is 473 g/mol. The Morgan fingerprint density at radius 2 is 2.00 bits per heavy atom. The van der Waals surface area contributed by atoms with E-state index >= 15 is 0 Å². The summed E-state index contributed by atoms with van der Waals surface area (Å²) in [6, 6.07) is 8.64. The second-order valence-electron chi connectivity index (χ2n) is 8.44. The largest absolute Gasteiger partial charge is 0.331 e. The quantitative estimate of drug-likeness (QED) is 0.717. The Bertz CT molecular complexity index is 1140. The van der Waals surface area contributed by atoms with Crippen molar-refractivity contribution in [2.75, 3.05) is 17.8 Å². The van der Waals surface area contributed by atoms with Crippen molar-refractivity contribution in [3.8, 4) is 0 Å². The zero-order chi connectivity index (χ0) is 23.6. The minimum Gasteiger partial charge on any atom is -0.331 e. The number of halogens is 1. The van der Waals surface area contributed by atoms with Crippen LogP contribution in [0.1, 0.15) is 44.2 Å². The van der Waals surface area contributed by atoms with E-state index in [1.165, 1.54) is 24.4 Å². The van der Waals surface area contributed by atoms with Gasteiger partial charge < -0.3 is 10.2 Å². The molecular formula is C23H28FN5O3S. The summed E-state index contributed by atoms with van der Waals surface area (Å²) in [4.78, 5) is 19.1. The van der Waals surface area contributed by atoms with Crippen LogP contribution in [0.5, 0.6) is 0 Å². The van der Waals surface area contributed by atoms with E-state index in [0.717, 1.165) is 31.2 Å². The number of pyridine rings is 1. The number of urea groups is 1. The molecule has 2 aliphatic heterocycles. The molecule has 3 heterocycles. The summed E-state index contributed by atoms with van der Waals surface area (Å²) >= 11 is 0. The van der Waals surface area contributed by atoms with E-state index < -0.39 is 9.84 Å². The molecule has 1 N–H and O–H groups in total. The van der Waals surface area contributed by atoms with E-state index in [9.17, 15) is 17.6 Å². The first-order valence-corrected chi connectivity index (χ1v) is 13.0. The summed E-state index contributed by atoms with van der Waals surface area (Å²) in [5, 5.41) is 9.46. The number of rotatable bonds is 5. The van der Waals surface area contributed by atoms with Crippen LogP contribution in [0, 0.1) is 5.82 Å². The van der Waals surface area contributed by atoms with Gasteiger partial charge in [0.15, 0.2) is 14.9 Å². The molecule has 0 aliphatic carbocycles. The SMILES string of the molecule is CC[C@H](NC(=O)N1CCCCC2C1C=NN2c1ccc(F)cc1)c1ccnc(S(C)(=O)=O)c1. The second-order valence-corrected chi connectivity index (χ2v) is 10.4. The lowest BCUT2D eigenvalue weighted by atomic mass is 10.0. The highest BCUT2D eigenvalue weighted by atomic mass is 32.2. The molecular weight excluding hydrogens is 445 g/mol. The number of carbonyl (C=O) groups excluding carboxylic acids is 1. The fraction of sp³-hybridized carbons (Fsp3) is 0.435. The Balaban J connectivity index is 1.53. The van der Waals surface area contributed by atoms with Crippen LogP contribution in [0.2, 0.25) is 0 Å². The van der Waals surface area contributed by atoms with Crippen molar-refractivity contribution in [1.82, 2.24) is 15.2 Å². The van der Waals surface area contributed by atoms with Crippen LogP contribution in [0.15, 0.2) is 52.7 Å². The average molecular weight is 474 g/mol. The third-order valence-corrected chi connectivity index (χ3v) is 7.14. The van der Waals surface area contributed by atoms with Gasteiger partial charge in [0.25, 0.3) is 0 Å². The number of aromatic nitrogens is 1. The van der Waals surface area contributed by atoms with Crippen molar-refractivity contribution in [2.45, 2.75) is 55.8 Å². The maximum Gasteiger partial charge on any atom is 0.318 e. The molecule has 2 amide bonds. The van der Waals surface area contributed by atoms with Crippen molar-refractivity contribution < 1.29 is 17.6 Å². The molecule has 2 aliphatic rings. The van der Waals surface area contributed by atoms with Gasteiger partial charge in [0.2, 0.25) is 0 Å². The van der Waals surface area contributed by atoms with Gasteiger partial charge in [-0.25, -0.2) is 22.6 Å². The van der Waals surface area contributed by atoms with Crippen LogP contribution in [-0.4, -0.2) is 55.4 Å². The summed E-state index contributed by atoms with van der Waals surface area (Å²) in [7, 11) is -3.45. The molecule has 2 aromatic rings. The average Bonchev–Trinajstić information content (AvgIpc) is 3.09. The Kier molecular flexibility index (Phi) is 6.64. The Hall–Kier alpha value is -3.01. The molecule has 8 nitrogen and oxygen atoms in total. The number of fused-ring (bicyclic) bond motifs is 1. The standard InChI is InChI=1S/C23H28FN5O3S/c1-3-19(16-11-12-25-22(14-16)33(2,31)32)27-23(30)28-13-5-4-6-20-21(28)15-26-29(20)18-9-7-17(24)8-10-18/h7-12,14-15,19-21H,3-6,13H2,1-2H3,(H,27,30)/t19-,20?,21?/m0/s1. The minimum atomic E-state index is -3.45. The Labute approximate surface area is 193 Å². The number of amides is 2. The summed E-state index contributed by atoms with van der Waals surface area (Å²) in [6.45, 7) is 2.53. The molecule has 0 saturated carbocycles. The van der Waals surface area contributed by atoms with Crippen molar-refractivity contribution >= 4 is 27.8 Å². The zero-order valence-electron chi connectivity index (χ0n) is 18.7. The molecule has 2 unspecified atom stereocenters. The molecule has 0 spiro atoms. The maximum atomic E-state index is 13.4. The van der Waals surface area contributed by atoms with Gasteiger partial charge in [-0.1, -0.05) is 6.92 Å². The fourth-order valence-electron chi connectivity index (χ4n) is 4.42. The lowest BCUT2D eigenvalue weighted by Crippen LogP contribution is -2.52. The van der Waals surface area contributed by atoms with Gasteiger partial charge in [0, 0.05) is 25.2 Å². The summed E-state index contributed by atoms with van der Waals surface area (Å²) in [5.41, 5.74) is 1.49. The van der Waals surface area contributed by atoms with Crippen LogP contribution in [-0.2, 0) is 9.84 Å². The highest BCUT2D eigenvalue weighted by molar-refractivity contribution is 7.90. The Morgan fingerprint density at radius 1 is 1.24 bits per heavy atom. The highest BCUT2D eigenvalue weighted by Crippen LogP contribution is 2.31. The molecule has 1 aromatic heterocycles. The number of hydrogen-bond acceptors (Lipinski definition) is 6. The van der Waals surface area contributed by atoms with Gasteiger partial charge in [0.1, 0.15) is 5.82 Å². The van der Waals surface area contributed by atoms with Crippen LogP contribution in [0.4, 0.5) is 14.9 Å². The smallest absolute Gasteiger partial charge is 0.318 e. The van der Waals surface area contributed by atoms with E-state index in [4.69, 9.17) is 0 Å². The molecule has 33 heavy (non-hydrogen) atoms. The maximum absolute atomic E-state index is 13.4. The van der Waals surface area contributed by atoms with E-state index in [2.05, 4.69) is 15.4 Å². The van der Waals surface area contributed by atoms with Gasteiger partial charge in [-0.05, 0) is 67.6 Å². The zero-order valence-corrected chi connectivity index (χ0v) is 19.5. The molecule has 1 fully saturated rings. The first kappa shape index (κ1) is 23.2. The Morgan fingerprint density at radius 3 is 2.70 bits per heavy atom. The first-order valence-electron chi connectivity index (χ1n) is 11.1. The van der Waals surface area contributed by atoms with E-state index in [1.54, 1.807) is 29.3 Å². The van der Waals surface area contributed by atoms with Gasteiger partial charge in [0.05, 0.1) is 23.8 Å². The normalized spacial score (nSPS) is 21.4. The molecule has 3 atom stereocenters. The van der Waals surface area contributed by atoms with Crippen molar-refractivity contribution in [2.24, 2.45) is 5.10 Å². The fourth-order valence-corrected chi connectivity index (χ4v) is 5.02. The lowest BCUT2D eigenvalue weighted by Gasteiger charge is -2.33. The molecule has 10 heteroatoms. The summed E-state index contributed by atoms with van der Waals surface area (Å²) in [6.07, 6.45) is 7.63. The van der Waals surface area contributed by atoms with E-state index in [0.29, 0.717) is 18.5 Å². The van der Waals surface area contributed by atoms with E-state index in [-0.39, 0.29) is 35.0 Å². The predicted molar refractivity (Wildman–Crippen MR) is 124 cm³/mol. The molecule has 176 valence electrons. The van der Waals surface area contributed by atoms with Gasteiger partial charge in [-0.2, -0.15) is 5.10 Å². The van der Waals surface area contributed by atoms with Crippen molar-refractivity contribution in [1.29, 1.82) is 0 Å². The summed E-state index contributed by atoms with van der Waals surface area (Å²) in [5.74, 6) is -0.305. The van der Waals surface area contributed by atoms with Crippen LogP contribution >= 0.6 is 0 Å². The van der Waals surface area contributed by atoms with E-state index in [1.807, 2.05) is 11.9 Å². The topological polar surface area (TPSA) is 95.0 Å². The van der Waals surface area contributed by atoms with Crippen LogP contribution in [0.25, 0.3) is 0 Å². The van der Waals surface area contributed by atoms with Gasteiger partial charge in [-0.3, -0.25) is 5.01 Å². The van der Waals surface area contributed by atoms with Crippen LogP contribution < -0.4 is 10.3 Å². The number of likely N-dealkylation sites (tertiary alicyclic amines) is 1. The number of benzene rings is 1. The minimum absolute atomic E-state index is 0.0135. The second kappa shape index (κ2) is 9.46. The predicted octanol–water partition coefficient (Wildman–Crippen LogP) is 3.51. The number of carbonyl (C=O) groups is 1. The molecule has 1 aromatic carbocycles. The molecule has 4 rings (SSSR count). The number of sulfone groups is 1. The number of nitrogens with zero attached hydrogens (tertiary/aromatic N) is 4. The van der Waals surface area contributed by atoms with Gasteiger partial charge in [-0.15, -0.1) is 0 Å². The van der Waals surface area contributed by atoms with Gasteiger partial charge >= 0.3 is 6.03 Å². The third kappa shape index (κ3) is 5.00.